The number of aliphatic carboxylic acids is 1. The monoisotopic (exact) mass is 196 g/mol. The molecule has 4 nitrogen and oxygen atoms in total. The molecule has 0 radical (unpaired) electrons. The molecule has 0 spiro atoms. The predicted octanol–water partition coefficient (Wildman–Crippen LogP) is 0.635. The van der Waals surface area contributed by atoms with Crippen LogP contribution in [0.2, 0.25) is 0 Å². The number of nitrogens with zero attached hydrogens (tertiary/aromatic N) is 1. The van der Waals surface area contributed by atoms with Crippen molar-refractivity contribution in [3.8, 4) is 6.07 Å². The lowest BCUT2D eigenvalue weighted by molar-refractivity contribution is -0.192. The molecule has 0 aromatic carbocycles. The van der Waals surface area contributed by atoms with Crippen LogP contribution in [-0.4, -0.2) is 22.8 Å². The van der Waals surface area contributed by atoms with Crippen LogP contribution in [0.4, 0.5) is 13.2 Å². The summed E-state index contributed by atoms with van der Waals surface area (Å²) in [5.41, 5.74) is 4.88. The van der Waals surface area contributed by atoms with Gasteiger partial charge in [0.05, 0.1) is 6.07 Å². The first kappa shape index (κ1) is 11.7. The number of nitrogens with two attached hydrogens (primary N) is 1. The van der Waals surface area contributed by atoms with Gasteiger partial charge in [-0.15, -0.1) is 0 Å². The second-order valence-electron chi connectivity index (χ2n) is 2.57. The van der Waals surface area contributed by atoms with Gasteiger partial charge in [0.15, 0.2) is 0 Å². The predicted molar refractivity (Wildman–Crippen MR) is 35.5 cm³/mol. The second-order valence-corrected chi connectivity index (χ2v) is 2.57. The molecule has 13 heavy (non-hydrogen) atoms. The van der Waals surface area contributed by atoms with E-state index in [1.54, 1.807) is 0 Å². The summed E-state index contributed by atoms with van der Waals surface area (Å²) < 4.78 is 31.7. The molecule has 1 saturated carbocycles. The number of hydrogen-bond donors (Lipinski definition) is 2. The maximum atomic E-state index is 10.6. The van der Waals surface area contributed by atoms with E-state index in [1.807, 2.05) is 6.07 Å². The zero-order chi connectivity index (χ0) is 10.7. The Bertz CT molecular complexity index is 239. The number of hydrogen-bond acceptors (Lipinski definition) is 3. The molecule has 0 amide bonds. The number of carboxylic acid groups (broad SMARTS) is 1. The van der Waals surface area contributed by atoms with Gasteiger partial charge in [-0.2, -0.15) is 18.4 Å². The SMILES string of the molecule is N#CC1(N)CC1.O=C(O)C(F)(F)F. The first-order valence-electron chi connectivity index (χ1n) is 3.21. The Labute approximate surface area is 71.7 Å². The van der Waals surface area contributed by atoms with E-state index in [1.165, 1.54) is 0 Å². The molecule has 7 heteroatoms. The van der Waals surface area contributed by atoms with Crippen LogP contribution in [0.5, 0.6) is 0 Å². The number of carbonyl (C=O) groups is 1. The summed E-state index contributed by atoms with van der Waals surface area (Å²) in [6, 6.07) is 1.99. The third-order valence-electron chi connectivity index (χ3n) is 1.25. The van der Waals surface area contributed by atoms with E-state index in [9.17, 15) is 13.2 Å². The molecule has 74 valence electrons. The molecule has 1 aliphatic rings. The van der Waals surface area contributed by atoms with Crippen LogP contribution in [0.1, 0.15) is 12.8 Å². The van der Waals surface area contributed by atoms with Crippen molar-refractivity contribution in [1.29, 1.82) is 5.26 Å². The normalized spacial score (nSPS) is 17.8. The number of nitriles is 1. The molecular weight excluding hydrogens is 189 g/mol. The fourth-order valence-electron chi connectivity index (χ4n) is 0.246. The molecule has 0 aromatic rings. The van der Waals surface area contributed by atoms with E-state index in [0.717, 1.165) is 12.8 Å². The van der Waals surface area contributed by atoms with Gasteiger partial charge in [-0.25, -0.2) is 4.79 Å². The van der Waals surface area contributed by atoms with Gasteiger partial charge in [-0.05, 0) is 12.8 Å². The van der Waals surface area contributed by atoms with E-state index in [4.69, 9.17) is 20.9 Å². The molecule has 0 saturated heterocycles. The summed E-state index contributed by atoms with van der Waals surface area (Å²) in [5, 5.41) is 15.2. The highest BCUT2D eigenvalue weighted by atomic mass is 19.4. The fourth-order valence-corrected chi connectivity index (χ4v) is 0.246. The molecule has 0 aromatic heterocycles. The maximum absolute atomic E-state index is 10.6. The molecule has 0 aliphatic heterocycles. The average Bonchev–Trinajstić information content (AvgIpc) is 2.69. The second kappa shape index (κ2) is 3.62. The van der Waals surface area contributed by atoms with E-state index < -0.39 is 17.7 Å². The van der Waals surface area contributed by atoms with Crippen LogP contribution >= 0.6 is 0 Å². The number of carboxylic acids is 1. The van der Waals surface area contributed by atoms with Gasteiger partial charge in [-0.3, -0.25) is 0 Å². The average molecular weight is 196 g/mol. The van der Waals surface area contributed by atoms with Crippen molar-refractivity contribution in [3.05, 3.63) is 0 Å². The summed E-state index contributed by atoms with van der Waals surface area (Å²) in [7, 11) is 0. The molecular formula is C6H7F3N2O2. The lowest BCUT2D eigenvalue weighted by atomic mass is 10.4. The van der Waals surface area contributed by atoms with E-state index in [0.29, 0.717) is 0 Å². The van der Waals surface area contributed by atoms with Gasteiger partial charge >= 0.3 is 12.1 Å². The van der Waals surface area contributed by atoms with Crippen LogP contribution in [0.25, 0.3) is 0 Å². The molecule has 1 fully saturated rings. The smallest absolute Gasteiger partial charge is 0.475 e. The molecule has 1 rings (SSSR count). The van der Waals surface area contributed by atoms with E-state index >= 15 is 0 Å². The van der Waals surface area contributed by atoms with Gasteiger partial charge in [0.25, 0.3) is 0 Å². The minimum absolute atomic E-state index is 0.403. The van der Waals surface area contributed by atoms with E-state index in [-0.39, 0.29) is 0 Å². The van der Waals surface area contributed by atoms with Crippen molar-refractivity contribution in [2.75, 3.05) is 0 Å². The Kier molecular flexibility index (Phi) is 3.26. The van der Waals surface area contributed by atoms with Gasteiger partial charge in [0, 0.05) is 0 Å². The van der Waals surface area contributed by atoms with Crippen molar-refractivity contribution in [3.63, 3.8) is 0 Å². The highest BCUT2D eigenvalue weighted by Gasteiger charge is 2.38. The molecule has 0 heterocycles. The van der Waals surface area contributed by atoms with Crippen LogP contribution in [0.15, 0.2) is 0 Å². The lowest BCUT2D eigenvalue weighted by Gasteiger charge is -1.93. The van der Waals surface area contributed by atoms with Crippen molar-refractivity contribution >= 4 is 5.97 Å². The highest BCUT2D eigenvalue weighted by Crippen LogP contribution is 2.30. The van der Waals surface area contributed by atoms with Crippen molar-refractivity contribution in [2.24, 2.45) is 5.73 Å². The van der Waals surface area contributed by atoms with Crippen LogP contribution < -0.4 is 5.73 Å². The third-order valence-corrected chi connectivity index (χ3v) is 1.25. The number of rotatable bonds is 0. The minimum Gasteiger partial charge on any atom is -0.475 e. The Morgan fingerprint density at radius 3 is 1.85 bits per heavy atom. The van der Waals surface area contributed by atoms with Crippen LogP contribution in [0.3, 0.4) is 0 Å². The first-order valence-corrected chi connectivity index (χ1v) is 3.21. The molecule has 0 unspecified atom stereocenters. The summed E-state index contributed by atoms with van der Waals surface area (Å²) in [5.74, 6) is -2.76. The van der Waals surface area contributed by atoms with Gasteiger partial charge in [0.1, 0.15) is 5.54 Å². The number of halogens is 3. The molecule has 0 bridgehead atoms. The summed E-state index contributed by atoms with van der Waals surface area (Å²) in [6.07, 6.45) is -3.30. The molecule has 0 atom stereocenters. The standard InChI is InChI=1S/C4H6N2.C2HF3O2/c5-3-4(6)1-2-4;3-2(4,5)1(6)7/h1-2,6H2;(H,6,7). The van der Waals surface area contributed by atoms with Crippen LogP contribution in [0, 0.1) is 11.3 Å². The minimum atomic E-state index is -5.08. The summed E-state index contributed by atoms with van der Waals surface area (Å²) in [6.45, 7) is 0. The zero-order valence-corrected chi connectivity index (χ0v) is 6.43. The van der Waals surface area contributed by atoms with Gasteiger partial charge in [-0.1, -0.05) is 0 Å². The van der Waals surface area contributed by atoms with Crippen molar-refractivity contribution < 1.29 is 23.1 Å². The lowest BCUT2D eigenvalue weighted by Crippen LogP contribution is -2.21. The third kappa shape index (κ3) is 5.03. The summed E-state index contributed by atoms with van der Waals surface area (Å²) in [4.78, 5) is 8.90. The van der Waals surface area contributed by atoms with Crippen molar-refractivity contribution in [1.82, 2.24) is 0 Å². The topological polar surface area (TPSA) is 87.1 Å². The zero-order valence-electron chi connectivity index (χ0n) is 6.43. The summed E-state index contributed by atoms with van der Waals surface area (Å²) >= 11 is 0. The quantitative estimate of drug-likeness (QED) is 0.594. The highest BCUT2D eigenvalue weighted by molar-refractivity contribution is 5.73. The molecule has 1 aliphatic carbocycles. The molecule has 3 N–H and O–H groups in total. The Morgan fingerprint density at radius 2 is 1.85 bits per heavy atom. The van der Waals surface area contributed by atoms with Crippen LogP contribution in [-0.2, 0) is 4.79 Å². The first-order chi connectivity index (χ1) is 5.71. The Balaban J connectivity index is 0.000000223. The fraction of sp³-hybridized carbons (Fsp3) is 0.667. The van der Waals surface area contributed by atoms with E-state index in [2.05, 4.69) is 0 Å². The van der Waals surface area contributed by atoms with Gasteiger partial charge in [0.2, 0.25) is 0 Å². The van der Waals surface area contributed by atoms with Crippen molar-refractivity contribution in [2.45, 2.75) is 24.6 Å². The Morgan fingerprint density at radius 1 is 1.54 bits per heavy atom. The van der Waals surface area contributed by atoms with Gasteiger partial charge < -0.3 is 10.8 Å². The largest absolute Gasteiger partial charge is 0.490 e. The maximum Gasteiger partial charge on any atom is 0.490 e. The number of alkyl halides is 3. The Hall–Kier alpha value is -1.29.